The quantitative estimate of drug-likeness (QED) is 0.830. The molecule has 1 aliphatic heterocycles. The number of rotatable bonds is 7. The van der Waals surface area contributed by atoms with Crippen molar-refractivity contribution in [1.82, 2.24) is 9.62 Å². The zero-order valence-electron chi connectivity index (χ0n) is 13.5. The Kier molecular flexibility index (Phi) is 5.97. The highest BCUT2D eigenvalue weighted by Crippen LogP contribution is 2.22. The Bertz CT molecular complexity index is 560. The number of hydrogen-bond donors (Lipinski definition) is 1. The lowest BCUT2D eigenvalue weighted by molar-refractivity contribution is 0.0711. The lowest BCUT2D eigenvalue weighted by atomic mass is 10.1. The number of likely N-dealkylation sites (tertiary alicyclic amines) is 1. The van der Waals surface area contributed by atoms with Crippen LogP contribution in [-0.4, -0.2) is 51.4 Å². The van der Waals surface area contributed by atoms with Gasteiger partial charge in [-0.1, -0.05) is 30.3 Å². The van der Waals surface area contributed by atoms with Crippen molar-refractivity contribution in [3.05, 3.63) is 35.9 Å². The zero-order chi connectivity index (χ0) is 16.2. The molecule has 1 aliphatic rings. The highest BCUT2D eigenvalue weighted by Gasteiger charge is 2.34. The van der Waals surface area contributed by atoms with Crippen LogP contribution in [0.5, 0.6) is 0 Å². The summed E-state index contributed by atoms with van der Waals surface area (Å²) >= 11 is 0. The molecule has 124 valence electrons. The fraction of sp³-hybridized carbons (Fsp3) is 0.625. The molecule has 22 heavy (non-hydrogen) atoms. The van der Waals surface area contributed by atoms with E-state index < -0.39 is 10.0 Å². The van der Waals surface area contributed by atoms with Crippen molar-refractivity contribution >= 4 is 10.0 Å². The molecule has 0 bridgehead atoms. The Hall–Kier alpha value is -0.950. The van der Waals surface area contributed by atoms with Crippen LogP contribution in [0, 0.1) is 0 Å². The van der Waals surface area contributed by atoms with E-state index >= 15 is 0 Å². The number of methoxy groups -OCH3 is 1. The van der Waals surface area contributed by atoms with Gasteiger partial charge in [0.25, 0.3) is 0 Å². The summed E-state index contributed by atoms with van der Waals surface area (Å²) in [6.07, 6.45) is 0.647. The van der Waals surface area contributed by atoms with Gasteiger partial charge < -0.3 is 4.74 Å². The molecular weight excluding hydrogens is 300 g/mol. The molecule has 0 radical (unpaired) electrons. The highest BCUT2D eigenvalue weighted by molar-refractivity contribution is 7.90. The van der Waals surface area contributed by atoms with E-state index in [1.54, 1.807) is 7.11 Å². The largest absolute Gasteiger partial charge is 0.375 e. The first-order valence-electron chi connectivity index (χ1n) is 7.73. The lowest BCUT2D eigenvalue weighted by Crippen LogP contribution is -2.40. The van der Waals surface area contributed by atoms with Crippen LogP contribution in [-0.2, 0) is 14.8 Å². The van der Waals surface area contributed by atoms with E-state index in [-0.39, 0.29) is 17.4 Å². The third-order valence-corrected chi connectivity index (χ3v) is 6.01. The van der Waals surface area contributed by atoms with E-state index in [9.17, 15) is 8.42 Å². The molecule has 1 heterocycles. The van der Waals surface area contributed by atoms with Gasteiger partial charge in [-0.05, 0) is 32.4 Å². The van der Waals surface area contributed by atoms with Gasteiger partial charge in [-0.2, -0.15) is 0 Å². The molecule has 1 aromatic rings. The fourth-order valence-electron chi connectivity index (χ4n) is 2.86. The molecule has 2 atom stereocenters. The van der Waals surface area contributed by atoms with Crippen LogP contribution < -0.4 is 4.72 Å². The molecule has 0 saturated carbocycles. The zero-order valence-corrected chi connectivity index (χ0v) is 14.3. The van der Waals surface area contributed by atoms with Crippen molar-refractivity contribution < 1.29 is 13.2 Å². The maximum atomic E-state index is 12.2. The van der Waals surface area contributed by atoms with Crippen LogP contribution in [0.25, 0.3) is 0 Å². The Morgan fingerprint density at radius 2 is 2.00 bits per heavy atom. The van der Waals surface area contributed by atoms with Gasteiger partial charge in [-0.3, -0.25) is 4.90 Å². The molecule has 1 N–H and O–H groups in total. The third-order valence-electron chi connectivity index (χ3n) is 3.95. The number of ether oxygens (including phenoxy) is 1. The summed E-state index contributed by atoms with van der Waals surface area (Å²) < 4.78 is 32.8. The second-order valence-corrected chi connectivity index (χ2v) is 8.12. The highest BCUT2D eigenvalue weighted by atomic mass is 32.2. The molecule has 1 saturated heterocycles. The van der Waals surface area contributed by atoms with Crippen LogP contribution in [0.3, 0.4) is 0 Å². The van der Waals surface area contributed by atoms with Gasteiger partial charge in [0.05, 0.1) is 11.4 Å². The van der Waals surface area contributed by atoms with E-state index in [0.29, 0.717) is 19.5 Å². The van der Waals surface area contributed by atoms with Gasteiger partial charge in [-0.25, -0.2) is 13.1 Å². The molecule has 0 amide bonds. The second-order valence-electron chi connectivity index (χ2n) is 6.12. The average molecular weight is 326 g/mol. The van der Waals surface area contributed by atoms with Gasteiger partial charge in [0, 0.05) is 26.2 Å². The van der Waals surface area contributed by atoms with Crippen LogP contribution in [0.15, 0.2) is 30.3 Å². The average Bonchev–Trinajstić information content (AvgIpc) is 2.94. The van der Waals surface area contributed by atoms with E-state index in [2.05, 4.69) is 9.62 Å². The van der Waals surface area contributed by atoms with E-state index in [4.69, 9.17) is 4.74 Å². The summed E-state index contributed by atoms with van der Waals surface area (Å²) in [5.41, 5.74) is 1.12. The van der Waals surface area contributed by atoms with Crippen LogP contribution >= 0.6 is 0 Å². The summed E-state index contributed by atoms with van der Waals surface area (Å²) in [6, 6.07) is 9.98. The summed E-state index contributed by atoms with van der Waals surface area (Å²) in [6.45, 7) is 5.76. The monoisotopic (exact) mass is 326 g/mol. The number of nitrogens with zero attached hydrogens (tertiary/aromatic N) is 1. The number of hydrogen-bond acceptors (Lipinski definition) is 4. The molecule has 0 aromatic heterocycles. The molecule has 6 heteroatoms. The normalized spacial score (nSPS) is 21.4. The Morgan fingerprint density at radius 1 is 1.32 bits per heavy atom. The van der Waals surface area contributed by atoms with Crippen molar-refractivity contribution in [1.29, 1.82) is 0 Å². The predicted octanol–water partition coefficient (Wildman–Crippen LogP) is 1.78. The number of benzene rings is 1. The SMILES string of the molecule is COC(CN1CCC(S(=O)(=O)NC(C)C)C1)c1ccccc1. The van der Waals surface area contributed by atoms with Gasteiger partial charge in [0.1, 0.15) is 0 Å². The minimum Gasteiger partial charge on any atom is -0.375 e. The number of nitrogens with one attached hydrogen (secondary N) is 1. The molecule has 1 fully saturated rings. The summed E-state index contributed by atoms with van der Waals surface area (Å²) in [5, 5.41) is -0.330. The first-order chi connectivity index (χ1) is 10.4. The molecule has 2 unspecified atom stereocenters. The summed E-state index contributed by atoms with van der Waals surface area (Å²) in [7, 11) is -1.54. The van der Waals surface area contributed by atoms with Crippen molar-refractivity contribution in [3.63, 3.8) is 0 Å². The molecular formula is C16H26N2O3S. The van der Waals surface area contributed by atoms with Crippen LogP contribution in [0.1, 0.15) is 31.9 Å². The molecule has 1 aromatic carbocycles. The van der Waals surface area contributed by atoms with Gasteiger partial charge in [0.15, 0.2) is 0 Å². The first-order valence-corrected chi connectivity index (χ1v) is 9.28. The minimum absolute atomic E-state index is 0.0271. The molecule has 2 rings (SSSR count). The predicted molar refractivity (Wildman–Crippen MR) is 88.2 cm³/mol. The maximum absolute atomic E-state index is 12.2. The van der Waals surface area contributed by atoms with Crippen LogP contribution in [0.4, 0.5) is 0 Å². The van der Waals surface area contributed by atoms with Crippen molar-refractivity contribution in [2.24, 2.45) is 0 Å². The van der Waals surface area contributed by atoms with Crippen LogP contribution in [0.2, 0.25) is 0 Å². The maximum Gasteiger partial charge on any atom is 0.216 e. The fourth-order valence-corrected chi connectivity index (χ4v) is 4.53. The van der Waals surface area contributed by atoms with Gasteiger partial charge >= 0.3 is 0 Å². The molecule has 0 aliphatic carbocycles. The lowest BCUT2D eigenvalue weighted by Gasteiger charge is -2.23. The molecule has 0 spiro atoms. The van der Waals surface area contributed by atoms with E-state index in [1.807, 2.05) is 44.2 Å². The Labute approximate surface area is 133 Å². The summed E-state index contributed by atoms with van der Waals surface area (Å²) in [5.74, 6) is 0. The van der Waals surface area contributed by atoms with Crippen molar-refractivity contribution in [2.45, 2.75) is 37.7 Å². The standard InChI is InChI=1S/C16H26N2O3S/c1-13(2)17-22(19,20)15-9-10-18(11-15)12-16(21-3)14-7-5-4-6-8-14/h4-8,13,15-17H,9-12H2,1-3H3. The smallest absolute Gasteiger partial charge is 0.216 e. The Morgan fingerprint density at radius 3 is 2.59 bits per heavy atom. The topological polar surface area (TPSA) is 58.6 Å². The number of sulfonamides is 1. The van der Waals surface area contributed by atoms with Gasteiger partial charge in [-0.15, -0.1) is 0 Å². The minimum atomic E-state index is -3.23. The van der Waals surface area contributed by atoms with E-state index in [1.165, 1.54) is 0 Å². The second kappa shape index (κ2) is 7.55. The van der Waals surface area contributed by atoms with E-state index in [0.717, 1.165) is 12.1 Å². The van der Waals surface area contributed by atoms with Gasteiger partial charge in [0.2, 0.25) is 10.0 Å². The molecule has 5 nitrogen and oxygen atoms in total. The van der Waals surface area contributed by atoms with Crippen molar-refractivity contribution in [3.8, 4) is 0 Å². The first kappa shape index (κ1) is 17.4. The Balaban J connectivity index is 1.96. The third kappa shape index (κ3) is 4.52. The summed E-state index contributed by atoms with van der Waals surface area (Å²) in [4.78, 5) is 2.17. The van der Waals surface area contributed by atoms with Crippen molar-refractivity contribution in [2.75, 3.05) is 26.7 Å².